The molecule has 0 saturated carbocycles. The zero-order valence-corrected chi connectivity index (χ0v) is 13.6. The Morgan fingerprint density at radius 2 is 1.50 bits per heavy atom. The number of hydrogen-bond acceptors (Lipinski definition) is 2. The number of benzene rings is 2. The summed E-state index contributed by atoms with van der Waals surface area (Å²) in [6.07, 6.45) is -3.63. The van der Waals surface area contributed by atoms with Crippen molar-refractivity contribution in [2.45, 2.75) is 19.3 Å². The molecule has 20 heavy (non-hydrogen) atoms. The van der Waals surface area contributed by atoms with Crippen molar-refractivity contribution >= 4 is 28.6 Å². The van der Waals surface area contributed by atoms with Gasteiger partial charge in [0.15, 0.2) is 0 Å². The van der Waals surface area contributed by atoms with Crippen molar-refractivity contribution in [3.8, 4) is 5.75 Å². The smallest absolute Gasteiger partial charge is 0.422 e. The van der Waals surface area contributed by atoms with E-state index in [4.69, 9.17) is 27.0 Å². The minimum Gasteiger partial charge on any atom is -0.422 e. The predicted molar refractivity (Wildman–Crippen MR) is 85.0 cm³/mol. The lowest BCUT2D eigenvalue weighted by Crippen LogP contribution is -2.19. The standard InChI is InChI=1S/C15H15Cl2O2P/c1-15(2,12-8-4-3-5-9-12)13-10-6-7-11-14(13)19-20(16,17)18/h3-11H,1-2H3. The van der Waals surface area contributed by atoms with Gasteiger partial charge < -0.3 is 4.52 Å². The molecule has 0 atom stereocenters. The van der Waals surface area contributed by atoms with Crippen molar-refractivity contribution < 1.29 is 9.09 Å². The highest BCUT2D eigenvalue weighted by Crippen LogP contribution is 2.58. The van der Waals surface area contributed by atoms with E-state index < -0.39 is 6.07 Å². The van der Waals surface area contributed by atoms with Gasteiger partial charge in [-0.2, -0.15) is 0 Å². The van der Waals surface area contributed by atoms with Crippen LogP contribution in [0.15, 0.2) is 54.6 Å². The molecule has 0 N–H and O–H groups in total. The van der Waals surface area contributed by atoms with Crippen LogP contribution in [0.2, 0.25) is 0 Å². The topological polar surface area (TPSA) is 26.3 Å². The van der Waals surface area contributed by atoms with Crippen LogP contribution in [0.25, 0.3) is 0 Å². The van der Waals surface area contributed by atoms with Gasteiger partial charge in [0, 0.05) is 33.5 Å². The van der Waals surface area contributed by atoms with Crippen molar-refractivity contribution in [1.29, 1.82) is 0 Å². The summed E-state index contributed by atoms with van der Waals surface area (Å²) < 4.78 is 16.7. The molecule has 2 rings (SSSR count). The van der Waals surface area contributed by atoms with E-state index in [1.807, 2.05) is 42.5 Å². The molecule has 0 amide bonds. The lowest BCUT2D eigenvalue weighted by Gasteiger charge is -2.28. The van der Waals surface area contributed by atoms with Gasteiger partial charge >= 0.3 is 6.07 Å². The Kier molecular flexibility index (Phi) is 4.49. The fraction of sp³-hybridized carbons (Fsp3) is 0.200. The average Bonchev–Trinajstić information content (AvgIpc) is 2.38. The molecule has 2 aromatic carbocycles. The third kappa shape index (κ3) is 3.58. The highest BCUT2D eigenvalue weighted by molar-refractivity contribution is 8.05. The Hall–Kier alpha value is -0.950. The maximum atomic E-state index is 11.5. The normalized spacial score (nSPS) is 12.2. The van der Waals surface area contributed by atoms with Crippen LogP contribution in [-0.2, 0) is 9.98 Å². The van der Waals surface area contributed by atoms with E-state index in [9.17, 15) is 4.57 Å². The molecule has 0 heterocycles. The third-order valence-corrected chi connectivity index (χ3v) is 4.08. The first-order valence-corrected chi connectivity index (χ1v) is 9.58. The maximum Gasteiger partial charge on any atom is 0.428 e. The average molecular weight is 329 g/mol. The number of rotatable bonds is 4. The van der Waals surface area contributed by atoms with Gasteiger partial charge in [-0.25, -0.2) is 4.57 Å². The van der Waals surface area contributed by atoms with E-state index in [-0.39, 0.29) is 5.41 Å². The van der Waals surface area contributed by atoms with E-state index in [0.29, 0.717) is 5.75 Å². The van der Waals surface area contributed by atoms with Crippen molar-refractivity contribution in [2.75, 3.05) is 0 Å². The highest BCUT2D eigenvalue weighted by Gasteiger charge is 2.28. The van der Waals surface area contributed by atoms with Gasteiger partial charge in [-0.15, -0.1) is 0 Å². The molecule has 5 heteroatoms. The molecule has 0 bridgehead atoms. The lowest BCUT2D eigenvalue weighted by atomic mass is 9.78. The molecule has 0 aliphatic rings. The molecule has 2 nitrogen and oxygen atoms in total. The molecule has 0 aliphatic carbocycles. The molecule has 0 fully saturated rings. The second-order valence-electron chi connectivity index (χ2n) is 4.99. The fourth-order valence-corrected chi connectivity index (χ4v) is 3.02. The molecule has 0 unspecified atom stereocenters. The molecule has 0 saturated heterocycles. The molecule has 0 spiro atoms. The van der Waals surface area contributed by atoms with Gasteiger partial charge in [0.1, 0.15) is 5.75 Å². The molecule has 0 radical (unpaired) electrons. The van der Waals surface area contributed by atoms with Gasteiger partial charge in [0.05, 0.1) is 0 Å². The minimum absolute atomic E-state index is 0.319. The van der Waals surface area contributed by atoms with Crippen LogP contribution in [0.5, 0.6) is 5.75 Å². The molecular formula is C15H15Cl2O2P. The van der Waals surface area contributed by atoms with Gasteiger partial charge in [-0.05, 0) is 11.6 Å². The molecular weight excluding hydrogens is 314 g/mol. The summed E-state index contributed by atoms with van der Waals surface area (Å²) in [5.74, 6) is 0.440. The first-order valence-electron chi connectivity index (χ1n) is 6.15. The SMILES string of the molecule is CC(C)(c1ccccc1)c1ccccc1OP(=O)(Cl)Cl. The van der Waals surface area contributed by atoms with Crippen molar-refractivity contribution in [3.05, 3.63) is 65.7 Å². The molecule has 106 valence electrons. The number of halogens is 2. The van der Waals surface area contributed by atoms with Crippen molar-refractivity contribution in [2.24, 2.45) is 0 Å². The first kappa shape index (κ1) is 15.4. The van der Waals surface area contributed by atoms with Gasteiger partial charge in [0.2, 0.25) is 0 Å². The largest absolute Gasteiger partial charge is 0.428 e. The van der Waals surface area contributed by atoms with Gasteiger partial charge in [-0.3, -0.25) is 0 Å². The van der Waals surface area contributed by atoms with E-state index >= 15 is 0 Å². The zero-order chi connectivity index (χ0) is 14.8. The van der Waals surface area contributed by atoms with Crippen LogP contribution in [0.1, 0.15) is 25.0 Å². The summed E-state index contributed by atoms with van der Waals surface area (Å²) >= 11 is 11.1. The summed E-state index contributed by atoms with van der Waals surface area (Å²) in [5.41, 5.74) is 1.68. The fourth-order valence-electron chi connectivity index (χ4n) is 2.19. The number of para-hydroxylation sites is 1. The van der Waals surface area contributed by atoms with Crippen molar-refractivity contribution in [3.63, 3.8) is 0 Å². The van der Waals surface area contributed by atoms with Crippen LogP contribution in [-0.4, -0.2) is 0 Å². The Bertz CT molecular complexity index is 635. The van der Waals surface area contributed by atoms with Crippen LogP contribution in [0.4, 0.5) is 0 Å². The Labute approximate surface area is 128 Å². The van der Waals surface area contributed by atoms with E-state index in [1.54, 1.807) is 12.1 Å². The first-order chi connectivity index (χ1) is 9.31. The third-order valence-electron chi connectivity index (χ3n) is 3.26. The van der Waals surface area contributed by atoms with Crippen LogP contribution in [0, 0.1) is 0 Å². The summed E-state index contributed by atoms with van der Waals surface area (Å²) in [5, 5.41) is 0. The summed E-state index contributed by atoms with van der Waals surface area (Å²) in [6.45, 7) is 4.13. The monoisotopic (exact) mass is 328 g/mol. The van der Waals surface area contributed by atoms with Crippen molar-refractivity contribution in [1.82, 2.24) is 0 Å². The Morgan fingerprint density at radius 3 is 2.10 bits per heavy atom. The Morgan fingerprint density at radius 1 is 0.950 bits per heavy atom. The highest BCUT2D eigenvalue weighted by atomic mass is 35.9. The lowest BCUT2D eigenvalue weighted by molar-refractivity contribution is 0.499. The summed E-state index contributed by atoms with van der Waals surface area (Å²) in [4.78, 5) is 0. The summed E-state index contributed by atoms with van der Waals surface area (Å²) in [7, 11) is 0. The van der Waals surface area contributed by atoms with Crippen LogP contribution in [0.3, 0.4) is 0 Å². The van der Waals surface area contributed by atoms with Gasteiger partial charge in [-0.1, -0.05) is 62.4 Å². The molecule has 0 aromatic heterocycles. The predicted octanol–water partition coefficient (Wildman–Crippen LogP) is 5.98. The quantitative estimate of drug-likeness (QED) is 0.645. The van der Waals surface area contributed by atoms with Crippen LogP contribution >= 0.6 is 28.6 Å². The van der Waals surface area contributed by atoms with Crippen LogP contribution < -0.4 is 4.52 Å². The Balaban J connectivity index is 2.50. The maximum absolute atomic E-state index is 11.5. The summed E-state index contributed by atoms with van der Waals surface area (Å²) in [6, 6.07) is 17.3. The number of hydrogen-bond donors (Lipinski definition) is 0. The van der Waals surface area contributed by atoms with E-state index in [2.05, 4.69) is 13.8 Å². The van der Waals surface area contributed by atoms with Gasteiger partial charge in [0.25, 0.3) is 0 Å². The van der Waals surface area contributed by atoms with E-state index in [1.165, 1.54) is 0 Å². The minimum atomic E-state index is -3.63. The zero-order valence-electron chi connectivity index (χ0n) is 11.2. The second-order valence-corrected chi connectivity index (χ2v) is 9.19. The molecule has 2 aromatic rings. The second kappa shape index (κ2) is 5.81. The molecule has 0 aliphatic heterocycles. The van der Waals surface area contributed by atoms with E-state index in [0.717, 1.165) is 11.1 Å².